The van der Waals surface area contributed by atoms with Gasteiger partial charge in [-0.25, -0.2) is 0 Å². The molecule has 0 bridgehead atoms. The standard InChI is InChI=1S/C14H26O3/c1-3-4-12-17-14(16)11-9-7-5-6-8-10-13(2)15/h3-12H2,1-2H3. The lowest BCUT2D eigenvalue weighted by atomic mass is 10.1. The predicted molar refractivity (Wildman–Crippen MR) is 68.9 cm³/mol. The topological polar surface area (TPSA) is 43.4 Å². The highest BCUT2D eigenvalue weighted by Crippen LogP contribution is 2.08. The van der Waals surface area contributed by atoms with Gasteiger partial charge in [-0.05, 0) is 26.2 Å². The smallest absolute Gasteiger partial charge is 0.305 e. The Morgan fingerprint density at radius 1 is 0.882 bits per heavy atom. The minimum Gasteiger partial charge on any atom is -0.466 e. The number of carbonyl (C=O) groups is 2. The summed E-state index contributed by atoms with van der Waals surface area (Å²) in [4.78, 5) is 21.9. The fourth-order valence-corrected chi connectivity index (χ4v) is 1.58. The van der Waals surface area contributed by atoms with Crippen molar-refractivity contribution in [1.29, 1.82) is 0 Å². The zero-order valence-corrected chi connectivity index (χ0v) is 11.3. The Bertz CT molecular complexity index is 212. The van der Waals surface area contributed by atoms with Crippen LogP contribution < -0.4 is 0 Å². The summed E-state index contributed by atoms with van der Waals surface area (Å²) >= 11 is 0. The molecule has 0 rings (SSSR count). The molecule has 100 valence electrons. The Hall–Kier alpha value is -0.860. The van der Waals surface area contributed by atoms with E-state index in [-0.39, 0.29) is 11.8 Å². The van der Waals surface area contributed by atoms with Gasteiger partial charge in [0.15, 0.2) is 0 Å². The van der Waals surface area contributed by atoms with E-state index in [1.807, 2.05) is 0 Å². The third-order valence-electron chi connectivity index (χ3n) is 2.67. The monoisotopic (exact) mass is 242 g/mol. The number of Topliss-reactive ketones (excluding diaryl/α,β-unsaturated/α-hetero) is 1. The average Bonchev–Trinajstić information content (AvgIpc) is 2.28. The molecule has 0 aliphatic carbocycles. The van der Waals surface area contributed by atoms with Gasteiger partial charge in [-0.2, -0.15) is 0 Å². The van der Waals surface area contributed by atoms with E-state index < -0.39 is 0 Å². The minimum absolute atomic E-state index is 0.0674. The lowest BCUT2D eigenvalue weighted by Crippen LogP contribution is -2.05. The van der Waals surface area contributed by atoms with Crippen molar-refractivity contribution in [3.8, 4) is 0 Å². The van der Waals surface area contributed by atoms with Crippen LogP contribution in [0.2, 0.25) is 0 Å². The van der Waals surface area contributed by atoms with E-state index in [4.69, 9.17) is 4.74 Å². The molecule has 0 heterocycles. The van der Waals surface area contributed by atoms with Crippen LogP contribution in [0.1, 0.15) is 71.6 Å². The van der Waals surface area contributed by atoms with E-state index >= 15 is 0 Å². The van der Waals surface area contributed by atoms with Crippen molar-refractivity contribution in [2.45, 2.75) is 71.6 Å². The van der Waals surface area contributed by atoms with E-state index in [9.17, 15) is 9.59 Å². The van der Waals surface area contributed by atoms with Gasteiger partial charge in [0.1, 0.15) is 5.78 Å². The van der Waals surface area contributed by atoms with E-state index in [1.165, 1.54) is 0 Å². The highest BCUT2D eigenvalue weighted by atomic mass is 16.5. The first-order valence-electron chi connectivity index (χ1n) is 6.82. The molecule has 0 radical (unpaired) electrons. The van der Waals surface area contributed by atoms with Crippen LogP contribution in [0.15, 0.2) is 0 Å². The maximum absolute atomic E-state index is 11.2. The van der Waals surface area contributed by atoms with Gasteiger partial charge in [0, 0.05) is 12.8 Å². The molecule has 0 amide bonds. The zero-order valence-electron chi connectivity index (χ0n) is 11.3. The molecule has 3 heteroatoms. The molecule has 0 aromatic rings. The fraction of sp³-hybridized carbons (Fsp3) is 0.857. The Labute approximate surface area is 105 Å². The number of esters is 1. The van der Waals surface area contributed by atoms with Crippen LogP contribution in [0.4, 0.5) is 0 Å². The Morgan fingerprint density at radius 2 is 1.47 bits per heavy atom. The van der Waals surface area contributed by atoms with Crippen molar-refractivity contribution in [1.82, 2.24) is 0 Å². The molecule has 0 spiro atoms. The van der Waals surface area contributed by atoms with Crippen molar-refractivity contribution in [2.24, 2.45) is 0 Å². The molecule has 0 fully saturated rings. The summed E-state index contributed by atoms with van der Waals surface area (Å²) in [6, 6.07) is 0. The number of ether oxygens (including phenoxy) is 1. The number of hydrogen-bond acceptors (Lipinski definition) is 3. The van der Waals surface area contributed by atoms with E-state index in [0.29, 0.717) is 19.4 Å². The number of rotatable bonds is 11. The lowest BCUT2D eigenvalue weighted by Gasteiger charge is -2.03. The van der Waals surface area contributed by atoms with Gasteiger partial charge in [-0.15, -0.1) is 0 Å². The summed E-state index contributed by atoms with van der Waals surface area (Å²) in [5.74, 6) is 0.201. The molecule has 0 atom stereocenters. The van der Waals surface area contributed by atoms with E-state index in [2.05, 4.69) is 6.92 Å². The van der Waals surface area contributed by atoms with Crippen LogP contribution in [0.3, 0.4) is 0 Å². The molecular weight excluding hydrogens is 216 g/mol. The molecule has 0 saturated heterocycles. The van der Waals surface area contributed by atoms with Gasteiger partial charge in [0.25, 0.3) is 0 Å². The quantitative estimate of drug-likeness (QED) is 0.410. The lowest BCUT2D eigenvalue weighted by molar-refractivity contribution is -0.143. The van der Waals surface area contributed by atoms with Crippen LogP contribution in [0, 0.1) is 0 Å². The molecule has 0 aromatic heterocycles. The number of unbranched alkanes of at least 4 members (excludes halogenated alkanes) is 5. The SMILES string of the molecule is CCCCOC(=O)CCCCCCCC(C)=O. The molecule has 0 aliphatic heterocycles. The summed E-state index contributed by atoms with van der Waals surface area (Å²) < 4.78 is 5.06. The van der Waals surface area contributed by atoms with Gasteiger partial charge >= 0.3 is 5.97 Å². The Morgan fingerprint density at radius 3 is 2.06 bits per heavy atom. The molecule has 0 unspecified atom stereocenters. The van der Waals surface area contributed by atoms with E-state index in [1.54, 1.807) is 6.92 Å². The van der Waals surface area contributed by atoms with Gasteiger partial charge in [-0.3, -0.25) is 4.79 Å². The summed E-state index contributed by atoms with van der Waals surface area (Å²) in [6.45, 7) is 4.27. The number of hydrogen-bond donors (Lipinski definition) is 0. The van der Waals surface area contributed by atoms with E-state index in [0.717, 1.165) is 44.9 Å². The minimum atomic E-state index is -0.0674. The van der Waals surface area contributed by atoms with Gasteiger partial charge in [0.2, 0.25) is 0 Å². The molecule has 0 aliphatic rings. The van der Waals surface area contributed by atoms with Gasteiger partial charge in [0.05, 0.1) is 6.61 Å². The molecule has 3 nitrogen and oxygen atoms in total. The first-order chi connectivity index (χ1) is 8.16. The Balaban J connectivity index is 3.16. The molecule has 0 N–H and O–H groups in total. The predicted octanol–water partition coefficient (Wildman–Crippen LogP) is 3.65. The van der Waals surface area contributed by atoms with Crippen molar-refractivity contribution in [3.63, 3.8) is 0 Å². The summed E-state index contributed by atoms with van der Waals surface area (Å²) in [7, 11) is 0. The van der Waals surface area contributed by atoms with Crippen molar-refractivity contribution in [3.05, 3.63) is 0 Å². The zero-order chi connectivity index (χ0) is 12.9. The van der Waals surface area contributed by atoms with Crippen LogP contribution in [-0.4, -0.2) is 18.4 Å². The van der Waals surface area contributed by atoms with Crippen LogP contribution in [0.25, 0.3) is 0 Å². The Kier molecular flexibility index (Phi) is 11.0. The van der Waals surface area contributed by atoms with Gasteiger partial charge in [-0.1, -0.05) is 32.6 Å². The largest absolute Gasteiger partial charge is 0.466 e. The fourth-order valence-electron chi connectivity index (χ4n) is 1.58. The van der Waals surface area contributed by atoms with Crippen molar-refractivity contribution in [2.75, 3.05) is 6.61 Å². The summed E-state index contributed by atoms with van der Waals surface area (Å²) in [5, 5.41) is 0. The number of carbonyl (C=O) groups excluding carboxylic acids is 2. The second-order valence-corrected chi connectivity index (χ2v) is 4.54. The second-order valence-electron chi connectivity index (χ2n) is 4.54. The maximum Gasteiger partial charge on any atom is 0.305 e. The molecule has 0 aromatic carbocycles. The van der Waals surface area contributed by atoms with Crippen LogP contribution in [0.5, 0.6) is 0 Å². The molecule has 0 saturated carbocycles. The van der Waals surface area contributed by atoms with Crippen LogP contribution >= 0.6 is 0 Å². The highest BCUT2D eigenvalue weighted by molar-refractivity contribution is 5.75. The molecular formula is C14H26O3. The third-order valence-corrected chi connectivity index (χ3v) is 2.67. The highest BCUT2D eigenvalue weighted by Gasteiger charge is 2.01. The van der Waals surface area contributed by atoms with Gasteiger partial charge < -0.3 is 9.53 Å². The first-order valence-corrected chi connectivity index (χ1v) is 6.82. The average molecular weight is 242 g/mol. The van der Waals surface area contributed by atoms with Crippen molar-refractivity contribution >= 4 is 11.8 Å². The second kappa shape index (κ2) is 11.6. The van der Waals surface area contributed by atoms with Crippen molar-refractivity contribution < 1.29 is 14.3 Å². The molecule has 17 heavy (non-hydrogen) atoms. The number of ketones is 1. The maximum atomic E-state index is 11.2. The normalized spacial score (nSPS) is 10.2. The first kappa shape index (κ1) is 16.1. The summed E-state index contributed by atoms with van der Waals surface area (Å²) in [5.41, 5.74) is 0. The third kappa shape index (κ3) is 13.1. The van der Waals surface area contributed by atoms with Crippen LogP contribution in [-0.2, 0) is 14.3 Å². The summed E-state index contributed by atoms with van der Waals surface area (Å²) in [6.07, 6.45) is 8.39.